The number of rotatable bonds is 5. The maximum Gasteiger partial charge on any atom is 0.254 e. The first kappa shape index (κ1) is 12.1. The summed E-state index contributed by atoms with van der Waals surface area (Å²) in [6.07, 6.45) is 4.66. The molecule has 0 atom stereocenters. The highest BCUT2D eigenvalue weighted by Gasteiger charge is 2.28. The van der Waals surface area contributed by atoms with Crippen LogP contribution in [-0.2, 0) is 0 Å². The summed E-state index contributed by atoms with van der Waals surface area (Å²) in [7, 11) is 0. The van der Waals surface area contributed by atoms with E-state index in [-0.39, 0.29) is 5.91 Å². The van der Waals surface area contributed by atoms with Crippen molar-refractivity contribution in [3.8, 4) is 0 Å². The third-order valence-corrected chi connectivity index (χ3v) is 4.32. The number of carbonyl (C=O) groups excluding carboxylic acids is 1. The normalized spacial score (nSPS) is 15.8. The van der Waals surface area contributed by atoms with Crippen LogP contribution in [0, 0.1) is 0 Å². The van der Waals surface area contributed by atoms with Crippen molar-refractivity contribution in [2.45, 2.75) is 31.7 Å². The largest absolute Gasteiger partial charge is 0.336 e. The quantitative estimate of drug-likeness (QED) is 0.762. The number of amides is 1. The van der Waals surface area contributed by atoms with Crippen molar-refractivity contribution in [2.75, 3.05) is 11.9 Å². The molecule has 1 saturated carbocycles. The number of halogens is 1. The highest BCUT2D eigenvalue weighted by atomic mass is 79.9. The number of nitrogens with zero attached hydrogens (tertiary/aromatic N) is 1. The molecule has 1 amide bonds. The Kier molecular flexibility index (Phi) is 4.41. The van der Waals surface area contributed by atoms with Gasteiger partial charge in [-0.2, -0.15) is 11.3 Å². The van der Waals surface area contributed by atoms with Crippen LogP contribution in [0.4, 0.5) is 0 Å². The summed E-state index contributed by atoms with van der Waals surface area (Å²) >= 11 is 5.02. The van der Waals surface area contributed by atoms with Crippen molar-refractivity contribution < 1.29 is 4.79 Å². The molecule has 0 spiro atoms. The van der Waals surface area contributed by atoms with Crippen molar-refractivity contribution in [1.82, 2.24) is 4.90 Å². The number of alkyl halides is 1. The summed E-state index contributed by atoms with van der Waals surface area (Å²) in [6.45, 7) is 0.880. The van der Waals surface area contributed by atoms with Gasteiger partial charge in [0.25, 0.3) is 5.91 Å². The van der Waals surface area contributed by atoms with E-state index in [1.807, 2.05) is 16.8 Å². The second-order valence-corrected chi connectivity index (χ2v) is 5.71. The van der Waals surface area contributed by atoms with Crippen LogP contribution < -0.4 is 0 Å². The van der Waals surface area contributed by atoms with E-state index in [2.05, 4.69) is 20.8 Å². The first-order valence-corrected chi connectivity index (χ1v) is 7.78. The molecule has 16 heavy (non-hydrogen) atoms. The Labute approximate surface area is 109 Å². The Morgan fingerprint density at radius 3 is 2.88 bits per heavy atom. The third-order valence-electron chi connectivity index (χ3n) is 3.08. The van der Waals surface area contributed by atoms with Gasteiger partial charge in [0, 0.05) is 23.3 Å². The Balaban J connectivity index is 2.02. The zero-order valence-electron chi connectivity index (χ0n) is 9.19. The Morgan fingerprint density at radius 1 is 1.56 bits per heavy atom. The van der Waals surface area contributed by atoms with Gasteiger partial charge in [-0.3, -0.25) is 4.79 Å². The highest BCUT2D eigenvalue weighted by molar-refractivity contribution is 9.09. The van der Waals surface area contributed by atoms with Gasteiger partial charge in [0.15, 0.2) is 0 Å². The average molecular weight is 302 g/mol. The molecule has 0 aromatic carbocycles. The lowest BCUT2D eigenvalue weighted by atomic mass is 9.91. The van der Waals surface area contributed by atoms with Crippen LogP contribution >= 0.6 is 27.3 Å². The van der Waals surface area contributed by atoms with E-state index in [1.54, 1.807) is 11.3 Å². The van der Waals surface area contributed by atoms with Gasteiger partial charge < -0.3 is 4.90 Å². The smallest absolute Gasteiger partial charge is 0.254 e. The van der Waals surface area contributed by atoms with Gasteiger partial charge >= 0.3 is 0 Å². The van der Waals surface area contributed by atoms with Crippen LogP contribution in [0.5, 0.6) is 0 Å². The summed E-state index contributed by atoms with van der Waals surface area (Å²) in [6, 6.07) is 2.42. The van der Waals surface area contributed by atoms with Crippen LogP contribution in [0.2, 0.25) is 0 Å². The standard InChI is InChI=1S/C12H16BrNOS/c13-6-2-7-14(11-3-1-4-11)12(15)10-5-8-16-9-10/h5,8-9,11H,1-4,6-7H2. The summed E-state index contributed by atoms with van der Waals surface area (Å²) in [4.78, 5) is 14.3. The first-order chi connectivity index (χ1) is 7.83. The molecule has 0 radical (unpaired) electrons. The van der Waals surface area contributed by atoms with Crippen molar-refractivity contribution in [3.05, 3.63) is 22.4 Å². The lowest BCUT2D eigenvalue weighted by Gasteiger charge is -2.37. The lowest BCUT2D eigenvalue weighted by molar-refractivity contribution is 0.0582. The van der Waals surface area contributed by atoms with Crippen LogP contribution in [0.3, 0.4) is 0 Å². The van der Waals surface area contributed by atoms with E-state index >= 15 is 0 Å². The zero-order chi connectivity index (χ0) is 11.4. The fourth-order valence-electron chi connectivity index (χ4n) is 1.93. The van der Waals surface area contributed by atoms with E-state index in [0.717, 1.165) is 23.9 Å². The van der Waals surface area contributed by atoms with Gasteiger partial charge in [0.2, 0.25) is 0 Å². The topological polar surface area (TPSA) is 20.3 Å². The molecule has 0 aliphatic heterocycles. The van der Waals surface area contributed by atoms with Crippen molar-refractivity contribution in [2.24, 2.45) is 0 Å². The van der Waals surface area contributed by atoms with Gasteiger partial charge in [-0.1, -0.05) is 15.9 Å². The predicted molar refractivity (Wildman–Crippen MR) is 71.4 cm³/mol. The summed E-state index contributed by atoms with van der Waals surface area (Å²) in [5.41, 5.74) is 0.853. The molecule has 1 heterocycles. The number of hydrogen-bond donors (Lipinski definition) is 0. The van der Waals surface area contributed by atoms with E-state index in [9.17, 15) is 4.79 Å². The molecule has 0 saturated heterocycles. The predicted octanol–water partition coefficient (Wildman–Crippen LogP) is 3.53. The van der Waals surface area contributed by atoms with E-state index < -0.39 is 0 Å². The van der Waals surface area contributed by atoms with Crippen molar-refractivity contribution in [3.63, 3.8) is 0 Å². The minimum Gasteiger partial charge on any atom is -0.336 e. The minimum absolute atomic E-state index is 0.215. The SMILES string of the molecule is O=C(c1ccsc1)N(CCCBr)C1CCC1. The maximum absolute atomic E-state index is 12.3. The third kappa shape index (κ3) is 2.66. The molecule has 2 nitrogen and oxygen atoms in total. The number of thiophene rings is 1. The first-order valence-electron chi connectivity index (χ1n) is 5.72. The molecule has 0 unspecified atom stereocenters. The minimum atomic E-state index is 0.215. The van der Waals surface area contributed by atoms with Gasteiger partial charge in [0.1, 0.15) is 0 Å². The molecule has 1 aliphatic rings. The van der Waals surface area contributed by atoms with Gasteiger partial charge in [-0.25, -0.2) is 0 Å². The summed E-state index contributed by atoms with van der Waals surface area (Å²) in [5, 5.41) is 4.88. The zero-order valence-corrected chi connectivity index (χ0v) is 11.6. The van der Waals surface area contributed by atoms with E-state index in [1.165, 1.54) is 19.3 Å². The van der Waals surface area contributed by atoms with Crippen molar-refractivity contribution in [1.29, 1.82) is 0 Å². The second-order valence-electron chi connectivity index (χ2n) is 4.14. The van der Waals surface area contributed by atoms with Gasteiger partial charge in [-0.15, -0.1) is 0 Å². The summed E-state index contributed by atoms with van der Waals surface area (Å²) in [5.74, 6) is 0.215. The molecule has 88 valence electrons. The van der Waals surface area contributed by atoms with Gasteiger partial charge in [0.05, 0.1) is 5.56 Å². The molecule has 0 bridgehead atoms. The Morgan fingerprint density at radius 2 is 2.38 bits per heavy atom. The fourth-order valence-corrected chi connectivity index (χ4v) is 2.81. The fraction of sp³-hybridized carbons (Fsp3) is 0.583. The summed E-state index contributed by atoms with van der Waals surface area (Å²) < 4.78 is 0. The van der Waals surface area contributed by atoms with Crippen LogP contribution in [0.15, 0.2) is 16.8 Å². The average Bonchev–Trinajstić information content (AvgIpc) is 2.73. The monoisotopic (exact) mass is 301 g/mol. The molecule has 1 aromatic heterocycles. The molecular weight excluding hydrogens is 286 g/mol. The van der Waals surface area contributed by atoms with Crippen LogP contribution in [0.1, 0.15) is 36.0 Å². The number of hydrogen-bond acceptors (Lipinski definition) is 2. The van der Waals surface area contributed by atoms with E-state index in [0.29, 0.717) is 6.04 Å². The lowest BCUT2D eigenvalue weighted by Crippen LogP contribution is -2.44. The van der Waals surface area contributed by atoms with Gasteiger partial charge in [-0.05, 0) is 37.1 Å². The van der Waals surface area contributed by atoms with Crippen LogP contribution in [-0.4, -0.2) is 28.7 Å². The molecule has 1 aliphatic carbocycles. The number of carbonyl (C=O) groups is 1. The molecular formula is C12H16BrNOS. The molecule has 1 fully saturated rings. The molecule has 4 heteroatoms. The molecule has 1 aromatic rings. The molecule has 0 N–H and O–H groups in total. The molecule has 2 rings (SSSR count). The Hall–Kier alpha value is -0.350. The Bertz CT molecular complexity index is 335. The highest BCUT2D eigenvalue weighted by Crippen LogP contribution is 2.26. The van der Waals surface area contributed by atoms with Crippen molar-refractivity contribution >= 4 is 33.2 Å². The maximum atomic E-state index is 12.3. The second kappa shape index (κ2) is 5.82. The van der Waals surface area contributed by atoms with E-state index in [4.69, 9.17) is 0 Å². The van der Waals surface area contributed by atoms with Crippen LogP contribution in [0.25, 0.3) is 0 Å².